The fraction of sp³-hybridized carbons (Fsp3) is 0.393. The van der Waals surface area contributed by atoms with Crippen LogP contribution in [0.5, 0.6) is 0 Å². The van der Waals surface area contributed by atoms with Gasteiger partial charge in [-0.1, -0.05) is 130 Å². The number of nitrogens with zero attached hydrogens (tertiary/aromatic N) is 1. The van der Waals surface area contributed by atoms with E-state index >= 15 is 0 Å². The first-order valence-corrected chi connectivity index (χ1v) is 18.0. The van der Waals surface area contributed by atoms with E-state index in [1.54, 1.807) is 0 Å². The van der Waals surface area contributed by atoms with Gasteiger partial charge in [0.15, 0.2) is 26.0 Å². The Morgan fingerprint density at radius 1 is 0.955 bits per heavy atom. The van der Waals surface area contributed by atoms with Gasteiger partial charge in [0.2, 0.25) is 0 Å². The van der Waals surface area contributed by atoms with E-state index in [2.05, 4.69) is 5.09 Å². The highest BCUT2D eigenvalue weighted by atomic mass is 35.6. The van der Waals surface area contributed by atoms with Crippen molar-refractivity contribution in [3.63, 3.8) is 0 Å². The quantitative estimate of drug-likeness (QED) is 0.0851. The van der Waals surface area contributed by atoms with Crippen LogP contribution in [0.4, 0.5) is 0 Å². The maximum absolute atomic E-state index is 14.2. The normalized spacial score (nSPS) is 19.5. The number of rotatable bonds is 11. The van der Waals surface area contributed by atoms with Crippen LogP contribution in [0.15, 0.2) is 71.9 Å². The van der Waals surface area contributed by atoms with E-state index in [9.17, 15) is 14.4 Å². The molecule has 44 heavy (non-hydrogen) atoms. The maximum Gasteiger partial charge on any atom is 0.356 e. The fourth-order valence-electron chi connectivity index (χ4n) is 4.72. The highest BCUT2D eigenvalue weighted by molar-refractivity contribution is 8.00. The lowest BCUT2D eigenvalue weighted by atomic mass is 10.0. The lowest BCUT2D eigenvalue weighted by Crippen LogP contribution is -2.66. The number of carbonyl (C=O) groups is 3. The zero-order valence-corrected chi connectivity index (χ0v) is 29.5. The summed E-state index contributed by atoms with van der Waals surface area (Å²) >= 11 is 37.9. The van der Waals surface area contributed by atoms with Crippen LogP contribution in [0.3, 0.4) is 0 Å². The minimum atomic E-state index is -1.74. The summed E-state index contributed by atoms with van der Waals surface area (Å²) in [5.74, 6) is -1.77. The Hall–Kier alpha value is -0.970. The average Bonchev–Trinajstić information content (AvgIpc) is 2.93. The molecule has 3 atom stereocenters. The average molecular weight is 763 g/mol. The van der Waals surface area contributed by atoms with Gasteiger partial charge in [-0.15, -0.1) is 11.8 Å². The molecule has 238 valence electrons. The molecule has 0 aromatic heterocycles. The molecule has 0 radical (unpaired) electrons. The molecule has 0 spiro atoms. The van der Waals surface area contributed by atoms with Crippen molar-refractivity contribution in [3.05, 3.63) is 83.1 Å². The van der Waals surface area contributed by atoms with Gasteiger partial charge in [0.1, 0.15) is 11.1 Å². The van der Waals surface area contributed by atoms with Crippen molar-refractivity contribution in [2.24, 2.45) is 0 Å². The molecule has 1 saturated heterocycles. The molecule has 8 nitrogen and oxygen atoms in total. The lowest BCUT2D eigenvalue weighted by Gasteiger charge is -2.49. The van der Waals surface area contributed by atoms with Gasteiger partial charge in [0.25, 0.3) is 5.91 Å². The van der Waals surface area contributed by atoms with E-state index in [4.69, 9.17) is 83.8 Å². The number of β-lactam (4-membered cyclic amide) rings is 1. The van der Waals surface area contributed by atoms with Crippen LogP contribution in [-0.4, -0.2) is 73.2 Å². The molecule has 1 amide bonds. The number of hydrogen-bond acceptors (Lipinski definition) is 8. The zero-order valence-electron chi connectivity index (χ0n) is 23.2. The molecule has 1 N–H and O–H groups in total. The second-order valence-corrected chi connectivity index (χ2v) is 17.9. The van der Waals surface area contributed by atoms with Gasteiger partial charge in [-0.25, -0.2) is 4.79 Å². The predicted octanol–water partition coefficient (Wildman–Crippen LogP) is 7.12. The summed E-state index contributed by atoms with van der Waals surface area (Å²) < 4.78 is 13.7. The standard InChI is InChI=1S/C28H27Cl6N2O6PS/c1-16(37)41-23(35-43(14-27(29,30)31)15-28(32,33)34)19-13-44-25-22(40-2)24(38)36(25)20(19)26(39)42-21(17-9-5-3-6-10-17)18-11-7-4-8-12-18/h3-12,21-23,25,35H,13-15H2,1-2H3/t22-,23?,25-/m1/s1. The van der Waals surface area contributed by atoms with Gasteiger partial charge in [-0.05, 0) is 19.2 Å². The second kappa shape index (κ2) is 15.3. The van der Waals surface area contributed by atoms with Crippen LogP contribution in [0.1, 0.15) is 24.2 Å². The van der Waals surface area contributed by atoms with Crippen molar-refractivity contribution in [3.8, 4) is 0 Å². The molecule has 16 heteroatoms. The number of methoxy groups -OCH3 is 1. The Kier molecular flexibility index (Phi) is 12.5. The Balaban J connectivity index is 1.79. The molecule has 0 bridgehead atoms. The molecule has 1 fully saturated rings. The van der Waals surface area contributed by atoms with Crippen molar-refractivity contribution in [1.82, 2.24) is 9.99 Å². The summed E-state index contributed by atoms with van der Waals surface area (Å²) in [6, 6.07) is 18.4. The number of carbonyl (C=O) groups excluding carboxylic acids is 3. The van der Waals surface area contributed by atoms with Crippen LogP contribution in [0.2, 0.25) is 0 Å². The van der Waals surface area contributed by atoms with Gasteiger partial charge in [0.05, 0.1) is 0 Å². The summed E-state index contributed by atoms with van der Waals surface area (Å²) in [5, 5.41) is 2.63. The van der Waals surface area contributed by atoms with Crippen LogP contribution in [0, 0.1) is 0 Å². The Labute approximate surface area is 290 Å². The number of esters is 2. The van der Waals surface area contributed by atoms with Crippen LogP contribution < -0.4 is 5.09 Å². The highest BCUT2D eigenvalue weighted by Crippen LogP contribution is 2.49. The number of ether oxygens (including phenoxy) is 3. The van der Waals surface area contributed by atoms with Crippen LogP contribution >= 0.6 is 89.4 Å². The van der Waals surface area contributed by atoms with Gasteiger partial charge in [-0.2, -0.15) is 0 Å². The molecule has 0 saturated carbocycles. The van der Waals surface area contributed by atoms with Crippen LogP contribution in [0.25, 0.3) is 0 Å². The molecule has 0 aliphatic carbocycles. The van der Waals surface area contributed by atoms with E-state index in [1.807, 2.05) is 60.7 Å². The SMILES string of the molecule is CO[C@@H]1C(=O)N2C(C(=O)OC(c3ccccc3)c3ccccc3)=C(C(NP(CC(Cl)(Cl)Cl)CC(Cl)(Cl)Cl)OC(C)=O)CS[C@H]12. The molecular formula is C28H27Cl6N2O6PS. The van der Waals surface area contributed by atoms with Gasteiger partial charge in [0, 0.05) is 37.7 Å². The summed E-state index contributed by atoms with van der Waals surface area (Å²) in [6.07, 6.45) is -3.00. The predicted molar refractivity (Wildman–Crippen MR) is 178 cm³/mol. The first-order chi connectivity index (χ1) is 20.7. The third-order valence-corrected chi connectivity index (χ3v) is 12.0. The van der Waals surface area contributed by atoms with Crippen molar-refractivity contribution >= 4 is 107 Å². The topological polar surface area (TPSA) is 94.2 Å². The smallest absolute Gasteiger partial charge is 0.356 e. The molecule has 1 unspecified atom stereocenters. The van der Waals surface area contributed by atoms with E-state index in [-0.39, 0.29) is 29.3 Å². The monoisotopic (exact) mass is 760 g/mol. The van der Waals surface area contributed by atoms with Gasteiger partial charge < -0.3 is 14.2 Å². The van der Waals surface area contributed by atoms with E-state index in [0.717, 1.165) is 0 Å². The number of thioether (sulfide) groups is 1. The molecule has 2 aromatic carbocycles. The summed E-state index contributed by atoms with van der Waals surface area (Å²) in [7, 11) is -0.213. The molecule has 2 aliphatic heterocycles. The molecule has 2 aromatic rings. The number of hydrogen-bond donors (Lipinski definition) is 1. The number of alkyl halides is 6. The summed E-state index contributed by atoms with van der Waals surface area (Å²) in [4.78, 5) is 41.1. The number of benzene rings is 2. The van der Waals surface area contributed by atoms with Crippen molar-refractivity contribution in [1.29, 1.82) is 0 Å². The number of nitrogens with one attached hydrogen (secondary N) is 1. The number of halogens is 6. The largest absolute Gasteiger partial charge is 0.448 e. The van der Waals surface area contributed by atoms with Gasteiger partial charge >= 0.3 is 11.9 Å². The molecule has 4 rings (SSSR count). The minimum Gasteiger partial charge on any atom is -0.448 e. The van der Waals surface area contributed by atoms with Crippen molar-refractivity contribution in [2.75, 3.05) is 25.2 Å². The van der Waals surface area contributed by atoms with E-state index < -0.39 is 57.3 Å². The highest BCUT2D eigenvalue weighted by Gasteiger charge is 2.55. The van der Waals surface area contributed by atoms with Gasteiger partial charge in [-0.3, -0.25) is 19.6 Å². The third-order valence-electron chi connectivity index (χ3n) is 6.47. The maximum atomic E-state index is 14.2. The Morgan fingerprint density at radius 2 is 1.48 bits per heavy atom. The number of amides is 1. The Morgan fingerprint density at radius 3 is 1.93 bits per heavy atom. The fourth-order valence-corrected chi connectivity index (χ4v) is 10.4. The Bertz CT molecular complexity index is 1320. The first-order valence-electron chi connectivity index (χ1n) is 13.0. The molecule has 2 aliphatic rings. The van der Waals surface area contributed by atoms with Crippen molar-refractivity contribution < 1.29 is 28.6 Å². The van der Waals surface area contributed by atoms with Crippen LogP contribution in [-0.2, 0) is 28.6 Å². The molecular weight excluding hydrogens is 736 g/mol. The van der Waals surface area contributed by atoms with E-state index in [1.165, 1.54) is 30.7 Å². The third kappa shape index (κ3) is 9.31. The minimum absolute atomic E-state index is 0.0830. The summed E-state index contributed by atoms with van der Waals surface area (Å²) in [6.45, 7) is 1.20. The second-order valence-electron chi connectivity index (χ2n) is 9.75. The van der Waals surface area contributed by atoms with Crippen molar-refractivity contribution in [2.45, 2.75) is 38.3 Å². The lowest BCUT2D eigenvalue weighted by molar-refractivity contribution is -0.164. The van der Waals surface area contributed by atoms with E-state index in [0.29, 0.717) is 11.1 Å². The number of fused-ring (bicyclic) bond motifs is 1. The first kappa shape index (κ1) is 35.9. The molecule has 2 heterocycles. The summed E-state index contributed by atoms with van der Waals surface area (Å²) in [5.41, 5.74) is 1.60. The zero-order chi connectivity index (χ0) is 32.2.